The van der Waals surface area contributed by atoms with Crippen molar-refractivity contribution in [2.75, 3.05) is 0 Å². The van der Waals surface area contributed by atoms with Gasteiger partial charge in [-0.1, -0.05) is 11.6 Å². The molecule has 0 saturated carbocycles. The highest BCUT2D eigenvalue weighted by molar-refractivity contribution is 7.13. The summed E-state index contributed by atoms with van der Waals surface area (Å²) in [5.74, 6) is -0.140. The van der Waals surface area contributed by atoms with Crippen LogP contribution in [0.3, 0.4) is 0 Å². The maximum atomic E-state index is 12.2. The topological polar surface area (TPSA) is 65.7 Å². The van der Waals surface area contributed by atoms with E-state index in [0.29, 0.717) is 26.5 Å². The molecule has 0 aliphatic rings. The molecule has 2 aromatic heterocycles. The summed E-state index contributed by atoms with van der Waals surface area (Å²) in [6, 6.07) is 6.70. The number of imidazole rings is 1. The minimum Gasteiger partial charge on any atom is -0.306 e. The van der Waals surface area contributed by atoms with E-state index in [9.17, 15) is 9.59 Å². The number of H-pyrrole nitrogens is 2. The zero-order chi connectivity index (χ0) is 12.7. The van der Waals surface area contributed by atoms with Crippen molar-refractivity contribution in [1.82, 2.24) is 9.97 Å². The zero-order valence-corrected chi connectivity index (χ0v) is 10.6. The van der Waals surface area contributed by atoms with Crippen LogP contribution in [0.2, 0.25) is 5.02 Å². The van der Waals surface area contributed by atoms with Gasteiger partial charge in [0, 0.05) is 5.56 Å². The minimum absolute atomic E-state index is 0.140. The van der Waals surface area contributed by atoms with Crippen molar-refractivity contribution in [2.45, 2.75) is 0 Å². The molecule has 0 aliphatic carbocycles. The first-order chi connectivity index (χ1) is 8.65. The lowest BCUT2D eigenvalue weighted by Crippen LogP contribution is -1.99. The van der Waals surface area contributed by atoms with Gasteiger partial charge in [0.05, 0.1) is 20.9 Å². The van der Waals surface area contributed by atoms with Gasteiger partial charge in [0.15, 0.2) is 0 Å². The molecule has 0 saturated heterocycles. The van der Waals surface area contributed by atoms with Crippen LogP contribution < -0.4 is 5.69 Å². The third-order valence-electron chi connectivity index (χ3n) is 2.60. The Hall–Kier alpha value is -1.85. The van der Waals surface area contributed by atoms with E-state index in [4.69, 9.17) is 11.6 Å². The van der Waals surface area contributed by atoms with E-state index in [0.717, 1.165) is 0 Å². The highest BCUT2D eigenvalue weighted by Gasteiger charge is 2.15. The number of rotatable bonds is 2. The summed E-state index contributed by atoms with van der Waals surface area (Å²) in [4.78, 5) is 29.1. The Bertz CT molecular complexity index is 800. The van der Waals surface area contributed by atoms with Crippen molar-refractivity contribution in [3.8, 4) is 0 Å². The molecule has 90 valence electrons. The van der Waals surface area contributed by atoms with Crippen molar-refractivity contribution in [2.24, 2.45) is 0 Å². The highest BCUT2D eigenvalue weighted by atomic mass is 35.5. The largest absolute Gasteiger partial charge is 0.323 e. The van der Waals surface area contributed by atoms with Crippen LogP contribution in [0.4, 0.5) is 0 Å². The molecule has 0 fully saturated rings. The number of carbonyl (C=O) groups is 1. The molecule has 0 aliphatic heterocycles. The van der Waals surface area contributed by atoms with E-state index in [1.54, 1.807) is 29.6 Å². The Balaban J connectivity index is 2.12. The number of thiophene rings is 1. The third-order valence-corrected chi connectivity index (χ3v) is 3.94. The summed E-state index contributed by atoms with van der Waals surface area (Å²) < 4.78 is 0. The Labute approximate surface area is 110 Å². The van der Waals surface area contributed by atoms with Gasteiger partial charge in [-0.2, -0.15) is 0 Å². The first-order valence-corrected chi connectivity index (χ1v) is 6.40. The SMILES string of the molecule is O=C(c1ccc2[nH]c(=O)[nH]c2c1)c1sccc1Cl. The van der Waals surface area contributed by atoms with E-state index >= 15 is 0 Å². The number of ketones is 1. The average molecular weight is 279 g/mol. The fraction of sp³-hybridized carbons (Fsp3) is 0. The summed E-state index contributed by atoms with van der Waals surface area (Å²) in [5.41, 5.74) is 1.50. The van der Waals surface area contributed by atoms with Gasteiger partial charge in [-0.15, -0.1) is 11.3 Å². The van der Waals surface area contributed by atoms with Crippen LogP contribution in [0.25, 0.3) is 11.0 Å². The van der Waals surface area contributed by atoms with Crippen molar-refractivity contribution >= 4 is 39.8 Å². The van der Waals surface area contributed by atoms with Crippen LogP contribution in [0, 0.1) is 0 Å². The summed E-state index contributed by atoms with van der Waals surface area (Å²) in [5, 5.41) is 2.22. The minimum atomic E-state index is -0.288. The monoisotopic (exact) mass is 278 g/mol. The molecule has 6 heteroatoms. The molecule has 4 nitrogen and oxygen atoms in total. The zero-order valence-electron chi connectivity index (χ0n) is 8.99. The van der Waals surface area contributed by atoms with Crippen molar-refractivity contribution < 1.29 is 4.79 Å². The van der Waals surface area contributed by atoms with Crippen LogP contribution in [0.15, 0.2) is 34.4 Å². The van der Waals surface area contributed by atoms with Gasteiger partial charge < -0.3 is 9.97 Å². The molecule has 18 heavy (non-hydrogen) atoms. The average Bonchev–Trinajstić information content (AvgIpc) is 2.91. The molecule has 3 aromatic rings. The number of aromatic nitrogens is 2. The van der Waals surface area contributed by atoms with Crippen LogP contribution in [-0.4, -0.2) is 15.8 Å². The molecule has 0 radical (unpaired) electrons. The second kappa shape index (κ2) is 4.12. The smallest absolute Gasteiger partial charge is 0.306 e. The van der Waals surface area contributed by atoms with Crippen LogP contribution in [0.1, 0.15) is 15.2 Å². The van der Waals surface area contributed by atoms with Crippen LogP contribution in [0.5, 0.6) is 0 Å². The normalized spacial score (nSPS) is 10.9. The lowest BCUT2D eigenvalue weighted by atomic mass is 10.1. The van der Waals surface area contributed by atoms with E-state index in [1.807, 2.05) is 0 Å². The van der Waals surface area contributed by atoms with Gasteiger partial charge in [0.1, 0.15) is 0 Å². The van der Waals surface area contributed by atoms with Gasteiger partial charge in [0.2, 0.25) is 5.78 Å². The first kappa shape index (κ1) is 11.3. The molecule has 0 bridgehead atoms. The Morgan fingerprint density at radius 3 is 2.67 bits per heavy atom. The van der Waals surface area contributed by atoms with Gasteiger partial charge in [-0.05, 0) is 29.6 Å². The molecule has 0 atom stereocenters. The van der Waals surface area contributed by atoms with E-state index < -0.39 is 0 Å². The van der Waals surface area contributed by atoms with Gasteiger partial charge in [-0.3, -0.25) is 4.79 Å². The second-order valence-electron chi connectivity index (χ2n) is 3.77. The summed E-state index contributed by atoms with van der Waals surface area (Å²) in [7, 11) is 0. The summed E-state index contributed by atoms with van der Waals surface area (Å²) in [6.07, 6.45) is 0. The lowest BCUT2D eigenvalue weighted by molar-refractivity contribution is 0.104. The van der Waals surface area contributed by atoms with Gasteiger partial charge in [-0.25, -0.2) is 4.79 Å². The predicted molar refractivity (Wildman–Crippen MR) is 71.7 cm³/mol. The fourth-order valence-corrected chi connectivity index (χ4v) is 2.86. The van der Waals surface area contributed by atoms with E-state index in [2.05, 4.69) is 9.97 Å². The molecular weight excluding hydrogens is 272 g/mol. The molecule has 1 aromatic carbocycles. The maximum absolute atomic E-state index is 12.2. The molecule has 2 N–H and O–H groups in total. The number of benzene rings is 1. The van der Waals surface area contributed by atoms with Gasteiger partial charge >= 0.3 is 5.69 Å². The summed E-state index contributed by atoms with van der Waals surface area (Å²) >= 11 is 7.23. The number of aromatic amines is 2. The number of nitrogens with one attached hydrogen (secondary N) is 2. The van der Waals surface area contributed by atoms with Crippen molar-refractivity contribution in [3.63, 3.8) is 0 Å². The lowest BCUT2D eigenvalue weighted by Gasteiger charge is -1.99. The standard InChI is InChI=1S/C12H7ClN2O2S/c13-7-3-4-18-11(7)10(16)6-1-2-8-9(5-6)15-12(17)14-8/h1-5H,(H2,14,15,17). The van der Waals surface area contributed by atoms with Crippen molar-refractivity contribution in [1.29, 1.82) is 0 Å². The Morgan fingerprint density at radius 2 is 1.94 bits per heavy atom. The molecule has 3 rings (SSSR count). The van der Waals surface area contributed by atoms with Crippen LogP contribution in [-0.2, 0) is 0 Å². The van der Waals surface area contributed by atoms with Crippen molar-refractivity contribution in [3.05, 3.63) is 55.6 Å². The number of fused-ring (bicyclic) bond motifs is 1. The number of halogens is 1. The number of hydrogen-bond acceptors (Lipinski definition) is 3. The quantitative estimate of drug-likeness (QED) is 0.708. The first-order valence-electron chi connectivity index (χ1n) is 5.15. The summed E-state index contributed by atoms with van der Waals surface area (Å²) in [6.45, 7) is 0. The molecule has 0 spiro atoms. The third kappa shape index (κ3) is 1.77. The number of hydrogen-bond donors (Lipinski definition) is 2. The van der Waals surface area contributed by atoms with E-state index in [1.165, 1.54) is 11.3 Å². The highest BCUT2D eigenvalue weighted by Crippen LogP contribution is 2.25. The predicted octanol–water partition coefficient (Wildman–Crippen LogP) is 2.80. The molecular formula is C12H7ClN2O2S. The Morgan fingerprint density at radius 1 is 1.17 bits per heavy atom. The Kier molecular flexibility index (Phi) is 2.57. The van der Waals surface area contributed by atoms with Crippen LogP contribution >= 0.6 is 22.9 Å². The number of carbonyl (C=O) groups excluding carboxylic acids is 1. The molecule has 0 unspecified atom stereocenters. The molecule has 0 amide bonds. The van der Waals surface area contributed by atoms with E-state index in [-0.39, 0.29) is 11.5 Å². The van der Waals surface area contributed by atoms with Gasteiger partial charge in [0.25, 0.3) is 0 Å². The fourth-order valence-electron chi connectivity index (χ4n) is 1.76. The molecule has 2 heterocycles. The second-order valence-corrected chi connectivity index (χ2v) is 5.09. The maximum Gasteiger partial charge on any atom is 0.323 e.